The average Bonchev–Trinajstić information content (AvgIpc) is 1.75. The molecule has 0 aromatic heterocycles. The highest BCUT2D eigenvalue weighted by Crippen LogP contribution is 2.50. The fourth-order valence-corrected chi connectivity index (χ4v) is 11.5. The van der Waals surface area contributed by atoms with E-state index in [1.165, 1.54) is 38.3 Å². The summed E-state index contributed by atoms with van der Waals surface area (Å²) in [5, 5.41) is 19.8. The van der Waals surface area contributed by atoms with E-state index in [4.69, 9.17) is 45.8 Å². The summed E-state index contributed by atoms with van der Waals surface area (Å²) in [5.74, 6) is -4.88. The van der Waals surface area contributed by atoms with E-state index in [0.717, 1.165) is 36.5 Å². The van der Waals surface area contributed by atoms with Crippen molar-refractivity contribution in [2.24, 2.45) is 29.4 Å². The maximum absolute atomic E-state index is 16.1. The van der Waals surface area contributed by atoms with Crippen LogP contribution < -0.4 is 31.3 Å². The van der Waals surface area contributed by atoms with Crippen LogP contribution in [0.3, 0.4) is 0 Å². The molecule has 0 unspecified atom stereocenters. The number of Topliss-reactive ketones (excluding diaryl/α,β-unsaturated/α-hetero) is 2. The number of halogens is 2. The molecule has 4 bridgehead atoms. The number of epoxide rings is 1. The molecule has 2 saturated heterocycles. The Hall–Kier alpha value is -6.42. The SMILES string of the molecule is COc1cc2cc(c1Cl)N(C)C(=O)C[C@H](OC(=O)Nc1ccc(CC(=O)[C@H](CCCNC(N)=O)NC(=O)[C@@H](CC(=O)CCCCC(C)(C)OC(=O)C3CCC3)C(C)C)cc1F)[C@]1(C)O[C@H]1[C@H](C)[C@@H]1C[C@@](O)(CC(=O)O1)[C@H](OC)/C=C/C=C(\C)C2. The van der Waals surface area contributed by atoms with E-state index in [1.54, 1.807) is 52.0 Å². The molecule has 1 aliphatic carbocycles. The van der Waals surface area contributed by atoms with Crippen molar-refractivity contribution in [3.8, 4) is 5.75 Å². The number of nitrogens with two attached hydrogens (primary N) is 1. The van der Waals surface area contributed by atoms with Crippen LogP contribution in [0.2, 0.25) is 5.02 Å². The minimum atomic E-state index is -1.67. The van der Waals surface area contributed by atoms with E-state index in [9.17, 15) is 43.5 Å². The number of methoxy groups -OCH3 is 2. The molecule has 6 N–H and O–H groups in total. The largest absolute Gasteiger partial charge is 0.495 e. The highest BCUT2D eigenvalue weighted by Gasteiger charge is 2.64. The van der Waals surface area contributed by atoms with E-state index in [0.29, 0.717) is 37.1 Å². The van der Waals surface area contributed by atoms with Crippen LogP contribution in [0.4, 0.5) is 25.4 Å². The normalized spacial score (nSPS) is 25.5. The lowest BCUT2D eigenvalue weighted by atomic mass is 9.78. The van der Waals surface area contributed by atoms with Gasteiger partial charge in [0.2, 0.25) is 11.8 Å². The molecule has 22 heteroatoms. The van der Waals surface area contributed by atoms with Crippen LogP contribution >= 0.6 is 11.6 Å². The standard InChI is InChI=1S/C62H85ClFN5O15/c1-35(2)42(31-41(70)19-11-12-24-60(5,6)84-57(75)40-17-14-18-40)56(74)67-45(20-15-25-66-58(65)76)47(71)29-38-22-23-44(43(64)27-38)68-59(77)82-51-32-52(72)69(8)46-28-39(30-48(79-9)54(46)63)26-36(3)16-13-21-50(80-10)62(78)33-49(81-53(73)34-62)37(4)55-61(51,7)83-55/h13,16,21-23,27-28,30,35,37,40,42,45,49-51,55,78H,11-12,14-15,17-20,24-26,29,31-34H2,1-10H3,(H,67,74)(H,68,77)(H3,65,66,76)/b21-13+,36-16+/t37-,42+,45+,49+,50-,51+,55+,61+,62-/m1/s1. The van der Waals surface area contributed by atoms with Gasteiger partial charge in [0.1, 0.15) is 57.5 Å². The fourth-order valence-electron chi connectivity index (χ4n) is 11.2. The summed E-state index contributed by atoms with van der Waals surface area (Å²) in [4.78, 5) is 108. The van der Waals surface area contributed by atoms with E-state index >= 15 is 4.39 Å². The smallest absolute Gasteiger partial charge is 0.412 e. The molecule has 0 spiro atoms. The summed E-state index contributed by atoms with van der Waals surface area (Å²) in [6.45, 7) is 12.7. The molecule has 2 aromatic rings. The second kappa shape index (κ2) is 29.1. The lowest BCUT2D eigenvalue weighted by molar-refractivity contribution is -0.187. The highest BCUT2D eigenvalue weighted by molar-refractivity contribution is 6.35. The van der Waals surface area contributed by atoms with Crippen LogP contribution in [0.5, 0.6) is 5.75 Å². The Kier molecular flexibility index (Phi) is 23.1. The quantitative estimate of drug-likeness (QED) is 0.0301. The summed E-state index contributed by atoms with van der Waals surface area (Å²) >= 11 is 6.82. The predicted molar refractivity (Wildman–Crippen MR) is 312 cm³/mol. The number of ketones is 2. The zero-order valence-electron chi connectivity index (χ0n) is 50.1. The molecule has 84 heavy (non-hydrogen) atoms. The number of amides is 5. The van der Waals surface area contributed by atoms with Crippen molar-refractivity contribution in [1.82, 2.24) is 10.6 Å². The number of allylic oxidation sites excluding steroid dienone is 3. The van der Waals surface area contributed by atoms with Crippen LogP contribution in [0.25, 0.3) is 0 Å². The van der Waals surface area contributed by atoms with Gasteiger partial charge in [0.15, 0.2) is 5.78 Å². The Morgan fingerprint density at radius 2 is 1.77 bits per heavy atom. The van der Waals surface area contributed by atoms with E-state index in [1.807, 2.05) is 26.8 Å². The molecule has 6 rings (SSSR count). The van der Waals surface area contributed by atoms with Crippen LogP contribution in [-0.2, 0) is 65.3 Å². The highest BCUT2D eigenvalue weighted by atomic mass is 35.5. The number of rotatable bonds is 23. The first kappa shape index (κ1) is 66.7. The number of aliphatic hydroxyl groups is 1. The lowest BCUT2D eigenvalue weighted by Crippen LogP contribution is -2.53. The predicted octanol–water partition coefficient (Wildman–Crippen LogP) is 8.72. The lowest BCUT2D eigenvalue weighted by Gasteiger charge is -2.41. The first-order chi connectivity index (χ1) is 39.6. The van der Waals surface area contributed by atoms with Gasteiger partial charge in [-0.15, -0.1) is 0 Å². The molecule has 20 nitrogen and oxygen atoms in total. The number of unbranched alkanes of at least 4 members (excludes halogenated alkanes) is 1. The van der Waals surface area contributed by atoms with Crippen molar-refractivity contribution in [3.63, 3.8) is 0 Å². The van der Waals surface area contributed by atoms with Gasteiger partial charge in [-0.05, 0) is 120 Å². The topological polar surface area (TPSA) is 281 Å². The Bertz CT molecular complexity index is 2820. The summed E-state index contributed by atoms with van der Waals surface area (Å²) in [6, 6.07) is 5.32. The second-order valence-corrected chi connectivity index (χ2v) is 24.6. The third-order valence-electron chi connectivity index (χ3n) is 16.7. The first-order valence-corrected chi connectivity index (χ1v) is 29.4. The van der Waals surface area contributed by atoms with Crippen molar-refractivity contribution < 1.29 is 76.3 Å². The number of benzene rings is 2. The van der Waals surface area contributed by atoms with Crippen LogP contribution in [0, 0.1) is 29.5 Å². The van der Waals surface area contributed by atoms with Gasteiger partial charge in [-0.3, -0.25) is 34.1 Å². The van der Waals surface area contributed by atoms with Crippen molar-refractivity contribution >= 4 is 70.4 Å². The third-order valence-corrected chi connectivity index (χ3v) is 17.0. The number of nitrogens with one attached hydrogen (secondary N) is 3. The molecule has 3 aliphatic heterocycles. The van der Waals surface area contributed by atoms with Crippen LogP contribution in [-0.4, -0.2) is 128 Å². The van der Waals surface area contributed by atoms with Gasteiger partial charge in [0.25, 0.3) is 0 Å². The Labute approximate surface area is 496 Å². The van der Waals surface area contributed by atoms with Gasteiger partial charge in [-0.25, -0.2) is 14.0 Å². The van der Waals surface area contributed by atoms with Gasteiger partial charge in [0.05, 0.1) is 49.4 Å². The van der Waals surface area contributed by atoms with Crippen LogP contribution in [0.15, 0.2) is 54.1 Å². The summed E-state index contributed by atoms with van der Waals surface area (Å²) in [7, 11) is 4.39. The zero-order chi connectivity index (χ0) is 61.8. The molecule has 9 atom stereocenters. The Morgan fingerprint density at radius 3 is 2.42 bits per heavy atom. The average molecular weight is 1190 g/mol. The Balaban J connectivity index is 1.15. The number of esters is 2. The van der Waals surface area contributed by atoms with E-state index < -0.39 is 107 Å². The van der Waals surface area contributed by atoms with Gasteiger partial charge in [-0.2, -0.15) is 0 Å². The van der Waals surface area contributed by atoms with E-state index in [2.05, 4.69) is 16.0 Å². The summed E-state index contributed by atoms with van der Waals surface area (Å²) in [6.07, 6.45) is 4.26. The van der Waals surface area contributed by atoms with Crippen molar-refractivity contribution in [1.29, 1.82) is 0 Å². The molecular formula is C62H85ClFN5O15. The number of anilines is 2. The molecule has 3 heterocycles. The molecule has 2 aromatic carbocycles. The molecule has 462 valence electrons. The molecule has 1 saturated carbocycles. The van der Waals surface area contributed by atoms with Gasteiger partial charge >= 0.3 is 24.1 Å². The maximum Gasteiger partial charge on any atom is 0.412 e. The number of nitrogens with zero attached hydrogens (tertiary/aromatic N) is 1. The number of ether oxygens (including phenoxy) is 6. The minimum absolute atomic E-state index is 0.0336. The van der Waals surface area contributed by atoms with Gasteiger partial charge < -0.3 is 54.8 Å². The number of fused-ring (bicyclic) bond motifs is 5. The monoisotopic (exact) mass is 1190 g/mol. The molecule has 5 amide bonds. The number of primary amides is 1. The summed E-state index contributed by atoms with van der Waals surface area (Å²) < 4.78 is 51.3. The summed E-state index contributed by atoms with van der Waals surface area (Å²) in [5.41, 5.74) is 3.33. The molecule has 3 fully saturated rings. The minimum Gasteiger partial charge on any atom is -0.495 e. The number of carbonyl (C=O) groups is 8. The third kappa shape index (κ3) is 17.8. The number of carbonyl (C=O) groups excluding carboxylic acids is 8. The van der Waals surface area contributed by atoms with Crippen molar-refractivity contribution in [3.05, 3.63) is 76.1 Å². The number of hydrogen-bond acceptors (Lipinski definition) is 15. The molecule has 4 aliphatic rings. The maximum atomic E-state index is 16.1. The van der Waals surface area contributed by atoms with Crippen molar-refractivity contribution in [2.75, 3.05) is 38.0 Å². The number of hydrogen-bond donors (Lipinski definition) is 5. The molecular weight excluding hydrogens is 1110 g/mol. The molecule has 0 radical (unpaired) electrons. The van der Waals surface area contributed by atoms with Crippen molar-refractivity contribution in [2.45, 2.75) is 192 Å². The van der Waals surface area contributed by atoms with Gasteiger partial charge in [0, 0.05) is 58.2 Å². The Morgan fingerprint density at radius 1 is 1.05 bits per heavy atom. The second-order valence-electron chi connectivity index (χ2n) is 24.2. The first-order valence-electron chi connectivity index (χ1n) is 29.0. The number of urea groups is 1. The fraction of sp³-hybridized carbons (Fsp3) is 0.613. The van der Waals surface area contributed by atoms with Crippen LogP contribution in [0.1, 0.15) is 143 Å². The zero-order valence-corrected chi connectivity index (χ0v) is 50.8. The van der Waals surface area contributed by atoms with E-state index in [-0.39, 0.29) is 91.4 Å². The van der Waals surface area contributed by atoms with Gasteiger partial charge in [-0.1, -0.05) is 68.7 Å².